The first-order valence-electron chi connectivity index (χ1n) is 5.23. The normalized spacial score (nSPS) is 32.8. The summed E-state index contributed by atoms with van der Waals surface area (Å²) in [5.74, 6) is 0. The van der Waals surface area contributed by atoms with Crippen LogP contribution < -0.4 is 0 Å². The Kier molecular flexibility index (Phi) is 5.99. The molecule has 0 radical (unpaired) electrons. The van der Waals surface area contributed by atoms with Crippen LogP contribution in [0.5, 0.6) is 0 Å². The summed E-state index contributed by atoms with van der Waals surface area (Å²) < 4.78 is 1.58. The topological polar surface area (TPSA) is 0 Å². The molecule has 8 heteroatoms. The molecule has 0 spiro atoms. The SMILES string of the molecule is CC1SC1C(=S)C(=S)SSC(=S)C(=S)C1SC1C. The van der Waals surface area contributed by atoms with Crippen molar-refractivity contribution in [3.8, 4) is 0 Å². The summed E-state index contributed by atoms with van der Waals surface area (Å²) in [6.07, 6.45) is 0. The fourth-order valence-electron chi connectivity index (χ4n) is 1.31. The number of thiocarbonyl (C=S) groups is 4. The molecule has 0 aromatic carbocycles. The highest BCUT2D eigenvalue weighted by Crippen LogP contribution is 2.45. The van der Waals surface area contributed by atoms with Crippen molar-refractivity contribution in [2.45, 2.75) is 34.8 Å². The Morgan fingerprint density at radius 3 is 1.28 bits per heavy atom. The lowest BCUT2D eigenvalue weighted by molar-refractivity contribution is 1.18. The first-order valence-corrected chi connectivity index (χ1v) is 10.9. The third kappa shape index (κ3) is 4.13. The smallest absolute Gasteiger partial charge is 0.0967 e. The Balaban J connectivity index is 1.74. The van der Waals surface area contributed by atoms with E-state index in [4.69, 9.17) is 48.9 Å². The van der Waals surface area contributed by atoms with Crippen molar-refractivity contribution >= 4 is 112 Å². The molecule has 18 heavy (non-hydrogen) atoms. The molecule has 0 aromatic rings. The lowest BCUT2D eigenvalue weighted by Crippen LogP contribution is -2.15. The molecule has 0 saturated carbocycles. The largest absolute Gasteiger partial charge is 0.147 e. The van der Waals surface area contributed by atoms with Crippen molar-refractivity contribution in [2.24, 2.45) is 0 Å². The van der Waals surface area contributed by atoms with Crippen molar-refractivity contribution in [3.05, 3.63) is 0 Å². The molecule has 2 rings (SSSR count). The van der Waals surface area contributed by atoms with Gasteiger partial charge in [0.05, 0.1) is 28.6 Å². The van der Waals surface area contributed by atoms with E-state index in [0.717, 1.165) is 18.1 Å². The van der Waals surface area contributed by atoms with Crippen LogP contribution in [0, 0.1) is 0 Å². The highest BCUT2D eigenvalue weighted by atomic mass is 33.1. The number of hydrogen-bond acceptors (Lipinski definition) is 8. The van der Waals surface area contributed by atoms with Gasteiger partial charge in [0, 0.05) is 10.5 Å². The van der Waals surface area contributed by atoms with E-state index in [1.807, 2.05) is 23.5 Å². The van der Waals surface area contributed by atoms with E-state index >= 15 is 0 Å². The van der Waals surface area contributed by atoms with Gasteiger partial charge in [0.25, 0.3) is 0 Å². The van der Waals surface area contributed by atoms with Crippen molar-refractivity contribution in [3.63, 3.8) is 0 Å². The molecule has 2 heterocycles. The van der Waals surface area contributed by atoms with Crippen LogP contribution in [0.1, 0.15) is 13.8 Å². The Morgan fingerprint density at radius 1 is 0.778 bits per heavy atom. The Hall–Kier alpha value is 1.76. The van der Waals surface area contributed by atoms with Gasteiger partial charge in [0.15, 0.2) is 0 Å². The maximum Gasteiger partial charge on any atom is 0.0967 e. The highest BCUT2D eigenvalue weighted by Gasteiger charge is 2.40. The van der Waals surface area contributed by atoms with E-state index in [2.05, 4.69) is 13.8 Å². The van der Waals surface area contributed by atoms with Crippen LogP contribution in [-0.2, 0) is 0 Å². The Labute approximate surface area is 145 Å². The lowest BCUT2D eigenvalue weighted by Gasteiger charge is -2.05. The molecule has 0 amide bonds. The molecule has 0 bridgehead atoms. The van der Waals surface area contributed by atoms with Gasteiger partial charge in [-0.25, -0.2) is 0 Å². The van der Waals surface area contributed by atoms with Gasteiger partial charge in [-0.1, -0.05) is 62.7 Å². The monoisotopic (exact) mass is 386 g/mol. The van der Waals surface area contributed by atoms with Crippen molar-refractivity contribution in [1.82, 2.24) is 0 Å². The molecule has 2 aliphatic rings. The van der Waals surface area contributed by atoms with Crippen molar-refractivity contribution in [1.29, 1.82) is 0 Å². The summed E-state index contributed by atoms with van der Waals surface area (Å²) in [4.78, 5) is 1.81. The van der Waals surface area contributed by atoms with Gasteiger partial charge in [0.2, 0.25) is 0 Å². The molecule has 0 aromatic heterocycles. The third-order valence-electron chi connectivity index (χ3n) is 2.53. The van der Waals surface area contributed by atoms with Crippen LogP contribution in [0.3, 0.4) is 0 Å². The molecule has 4 atom stereocenters. The fraction of sp³-hybridized carbons (Fsp3) is 0.600. The molecule has 98 valence electrons. The van der Waals surface area contributed by atoms with Crippen molar-refractivity contribution in [2.75, 3.05) is 0 Å². The summed E-state index contributed by atoms with van der Waals surface area (Å²) in [6, 6.07) is 0. The summed E-state index contributed by atoms with van der Waals surface area (Å²) in [7, 11) is 2.99. The zero-order valence-electron chi connectivity index (χ0n) is 9.58. The Bertz CT molecular complexity index is 388. The zero-order chi connectivity index (χ0) is 13.4. The summed E-state index contributed by atoms with van der Waals surface area (Å²) >= 11 is 25.1. The van der Waals surface area contributed by atoms with E-state index in [1.165, 1.54) is 21.6 Å². The molecule has 2 fully saturated rings. The van der Waals surface area contributed by atoms with Gasteiger partial charge in [-0.3, -0.25) is 0 Å². The van der Waals surface area contributed by atoms with Gasteiger partial charge in [-0.15, -0.1) is 23.5 Å². The molecule has 2 saturated heterocycles. The molecule has 0 N–H and O–H groups in total. The van der Waals surface area contributed by atoms with Gasteiger partial charge in [0.1, 0.15) is 0 Å². The van der Waals surface area contributed by atoms with E-state index in [1.54, 1.807) is 0 Å². The first-order chi connectivity index (χ1) is 8.41. The first kappa shape index (κ1) is 16.1. The number of thioether (sulfide) groups is 2. The van der Waals surface area contributed by atoms with Crippen LogP contribution in [0.15, 0.2) is 0 Å². The lowest BCUT2D eigenvalue weighted by atomic mass is 10.3. The minimum absolute atomic E-state index is 0.445. The van der Waals surface area contributed by atoms with Gasteiger partial charge < -0.3 is 0 Å². The molecule has 4 unspecified atom stereocenters. The average Bonchev–Trinajstić information content (AvgIpc) is 3.22. The third-order valence-corrected chi connectivity index (χ3v) is 10.6. The number of rotatable bonds is 4. The standard InChI is InChI=1S/C10H10S8/c1-3-7(15-3)5(11)9(13)17-18-10(14)6(12)8-4(2)16-8/h3-4,7-8H,1-2H3. The predicted octanol–water partition coefficient (Wildman–Crippen LogP) is 4.77. The van der Waals surface area contributed by atoms with Crippen LogP contribution in [-0.4, -0.2) is 39.1 Å². The second-order valence-corrected chi connectivity index (χ2v) is 11.4. The molecular weight excluding hydrogens is 377 g/mol. The fourth-order valence-corrected chi connectivity index (χ4v) is 7.02. The van der Waals surface area contributed by atoms with Crippen LogP contribution in [0.4, 0.5) is 0 Å². The molecular formula is C10H10S8. The van der Waals surface area contributed by atoms with Gasteiger partial charge in [-0.05, 0) is 21.6 Å². The van der Waals surface area contributed by atoms with E-state index in [-0.39, 0.29) is 0 Å². The Morgan fingerprint density at radius 2 is 1.06 bits per heavy atom. The molecule has 2 aliphatic heterocycles. The summed E-state index contributed by atoms with van der Waals surface area (Å²) in [5, 5.41) is 2.14. The van der Waals surface area contributed by atoms with Crippen molar-refractivity contribution < 1.29 is 0 Å². The van der Waals surface area contributed by atoms with Gasteiger partial charge >= 0.3 is 0 Å². The summed E-state index contributed by atoms with van der Waals surface area (Å²) in [5.41, 5.74) is 0. The van der Waals surface area contributed by atoms with E-state index < -0.39 is 0 Å². The van der Waals surface area contributed by atoms with Crippen LogP contribution >= 0.6 is 94.0 Å². The maximum atomic E-state index is 5.36. The van der Waals surface area contributed by atoms with Crippen LogP contribution in [0.2, 0.25) is 0 Å². The molecule has 0 aliphatic carbocycles. The van der Waals surface area contributed by atoms with E-state index in [9.17, 15) is 0 Å². The van der Waals surface area contributed by atoms with E-state index in [0.29, 0.717) is 21.0 Å². The molecule has 0 nitrogen and oxygen atoms in total. The average molecular weight is 387 g/mol. The second kappa shape index (κ2) is 6.68. The summed E-state index contributed by atoms with van der Waals surface area (Å²) in [6.45, 7) is 4.35. The quantitative estimate of drug-likeness (QED) is 0.380. The minimum Gasteiger partial charge on any atom is -0.147 e. The second-order valence-electron chi connectivity index (χ2n) is 3.99. The van der Waals surface area contributed by atoms with Crippen LogP contribution in [0.25, 0.3) is 0 Å². The zero-order valence-corrected chi connectivity index (χ0v) is 16.1. The van der Waals surface area contributed by atoms with Gasteiger partial charge in [-0.2, -0.15) is 0 Å². The number of hydrogen-bond donors (Lipinski definition) is 0. The minimum atomic E-state index is 0.445. The highest BCUT2D eigenvalue weighted by molar-refractivity contribution is 8.90. The maximum absolute atomic E-state index is 5.36. The predicted molar refractivity (Wildman–Crippen MR) is 107 cm³/mol.